The summed E-state index contributed by atoms with van der Waals surface area (Å²) in [5.41, 5.74) is 2.21. The highest BCUT2D eigenvalue weighted by atomic mass is 15.2. The summed E-state index contributed by atoms with van der Waals surface area (Å²) < 4.78 is 1.90. The molecule has 0 amide bonds. The molecule has 18 heavy (non-hydrogen) atoms. The zero-order chi connectivity index (χ0) is 13.2. The SMILES string of the molecule is CCCCNc1nccn2nc(C(C)(C)C)cc12. The van der Waals surface area contributed by atoms with E-state index in [0.29, 0.717) is 0 Å². The van der Waals surface area contributed by atoms with Crippen LogP contribution in [0.25, 0.3) is 5.52 Å². The largest absolute Gasteiger partial charge is 0.368 e. The van der Waals surface area contributed by atoms with Gasteiger partial charge >= 0.3 is 0 Å². The molecule has 2 rings (SSSR count). The molecule has 0 spiro atoms. The molecule has 98 valence electrons. The third kappa shape index (κ3) is 2.63. The van der Waals surface area contributed by atoms with Crippen LogP contribution in [-0.2, 0) is 5.41 Å². The van der Waals surface area contributed by atoms with E-state index in [1.807, 2.05) is 10.7 Å². The number of nitrogens with one attached hydrogen (secondary N) is 1. The van der Waals surface area contributed by atoms with E-state index in [9.17, 15) is 0 Å². The van der Waals surface area contributed by atoms with Crippen LogP contribution in [0.4, 0.5) is 5.82 Å². The summed E-state index contributed by atoms with van der Waals surface area (Å²) in [6.45, 7) is 9.66. The van der Waals surface area contributed by atoms with Gasteiger partial charge < -0.3 is 5.32 Å². The molecule has 4 nitrogen and oxygen atoms in total. The van der Waals surface area contributed by atoms with Crippen LogP contribution in [0, 0.1) is 0 Å². The van der Waals surface area contributed by atoms with Crippen LogP contribution in [0.15, 0.2) is 18.5 Å². The molecule has 2 aromatic heterocycles. The maximum atomic E-state index is 4.61. The average molecular weight is 246 g/mol. The Labute approximate surface area is 108 Å². The van der Waals surface area contributed by atoms with Crippen molar-refractivity contribution in [3.8, 4) is 0 Å². The second-order valence-electron chi connectivity index (χ2n) is 5.67. The average Bonchev–Trinajstić information content (AvgIpc) is 2.73. The Bertz CT molecular complexity index is 522. The van der Waals surface area contributed by atoms with Gasteiger partial charge in [0.05, 0.1) is 5.69 Å². The third-order valence-corrected chi connectivity index (χ3v) is 2.98. The first-order valence-electron chi connectivity index (χ1n) is 6.61. The fourth-order valence-electron chi connectivity index (χ4n) is 1.81. The zero-order valence-corrected chi connectivity index (χ0v) is 11.7. The number of aromatic nitrogens is 3. The summed E-state index contributed by atoms with van der Waals surface area (Å²) >= 11 is 0. The number of fused-ring (bicyclic) bond motifs is 1. The van der Waals surface area contributed by atoms with Crippen molar-refractivity contribution in [2.24, 2.45) is 0 Å². The number of rotatable bonds is 4. The fourth-order valence-corrected chi connectivity index (χ4v) is 1.81. The molecule has 0 aliphatic rings. The van der Waals surface area contributed by atoms with E-state index in [0.717, 1.165) is 30.0 Å². The Hall–Kier alpha value is -1.58. The lowest BCUT2D eigenvalue weighted by Crippen LogP contribution is -2.11. The van der Waals surface area contributed by atoms with Gasteiger partial charge in [0.25, 0.3) is 0 Å². The topological polar surface area (TPSA) is 42.2 Å². The van der Waals surface area contributed by atoms with Gasteiger partial charge in [-0.05, 0) is 12.5 Å². The van der Waals surface area contributed by atoms with E-state index in [2.05, 4.69) is 49.2 Å². The lowest BCUT2D eigenvalue weighted by atomic mass is 9.92. The van der Waals surface area contributed by atoms with Crippen molar-refractivity contribution in [1.29, 1.82) is 0 Å². The van der Waals surface area contributed by atoms with Gasteiger partial charge in [-0.3, -0.25) is 0 Å². The molecule has 0 fully saturated rings. The maximum Gasteiger partial charge on any atom is 0.152 e. The summed E-state index contributed by atoms with van der Waals surface area (Å²) in [6.07, 6.45) is 6.03. The lowest BCUT2D eigenvalue weighted by Gasteiger charge is -2.13. The Kier molecular flexibility index (Phi) is 3.55. The van der Waals surface area contributed by atoms with E-state index in [-0.39, 0.29) is 5.41 Å². The number of anilines is 1. The van der Waals surface area contributed by atoms with Crippen molar-refractivity contribution in [1.82, 2.24) is 14.6 Å². The van der Waals surface area contributed by atoms with Crippen LogP contribution in [-0.4, -0.2) is 21.1 Å². The highest BCUT2D eigenvalue weighted by Crippen LogP contribution is 2.24. The first kappa shape index (κ1) is 12.9. The first-order valence-corrected chi connectivity index (χ1v) is 6.61. The molecule has 0 aliphatic carbocycles. The van der Waals surface area contributed by atoms with Crippen molar-refractivity contribution in [2.75, 3.05) is 11.9 Å². The Morgan fingerprint density at radius 3 is 2.78 bits per heavy atom. The molecular formula is C14H22N4. The van der Waals surface area contributed by atoms with Gasteiger partial charge in [0.1, 0.15) is 5.52 Å². The smallest absolute Gasteiger partial charge is 0.152 e. The lowest BCUT2D eigenvalue weighted by molar-refractivity contribution is 0.562. The fraction of sp³-hybridized carbons (Fsp3) is 0.571. The molecule has 1 N–H and O–H groups in total. The quantitative estimate of drug-likeness (QED) is 0.842. The zero-order valence-electron chi connectivity index (χ0n) is 11.7. The van der Waals surface area contributed by atoms with Gasteiger partial charge in [-0.1, -0.05) is 34.1 Å². The Morgan fingerprint density at radius 2 is 2.11 bits per heavy atom. The van der Waals surface area contributed by atoms with E-state index in [1.165, 1.54) is 6.42 Å². The van der Waals surface area contributed by atoms with Crippen molar-refractivity contribution in [2.45, 2.75) is 46.0 Å². The van der Waals surface area contributed by atoms with E-state index < -0.39 is 0 Å². The van der Waals surface area contributed by atoms with Gasteiger partial charge in [0.2, 0.25) is 0 Å². The van der Waals surface area contributed by atoms with Gasteiger partial charge in [0, 0.05) is 24.4 Å². The summed E-state index contributed by atoms with van der Waals surface area (Å²) in [5, 5.41) is 7.99. The molecule has 2 aromatic rings. The number of hydrogen-bond donors (Lipinski definition) is 1. The molecule has 0 atom stereocenters. The second-order valence-corrected chi connectivity index (χ2v) is 5.67. The van der Waals surface area contributed by atoms with Crippen LogP contribution < -0.4 is 5.32 Å². The van der Waals surface area contributed by atoms with Gasteiger partial charge in [-0.25, -0.2) is 9.50 Å². The molecule has 0 aromatic carbocycles. The van der Waals surface area contributed by atoms with Gasteiger partial charge in [0.15, 0.2) is 5.82 Å². The van der Waals surface area contributed by atoms with Crippen LogP contribution in [0.3, 0.4) is 0 Å². The molecule has 2 heterocycles. The Balaban J connectivity index is 2.33. The van der Waals surface area contributed by atoms with Crippen LogP contribution in [0.2, 0.25) is 0 Å². The number of hydrogen-bond acceptors (Lipinski definition) is 3. The van der Waals surface area contributed by atoms with E-state index in [1.54, 1.807) is 6.20 Å². The first-order chi connectivity index (χ1) is 8.52. The molecular weight excluding hydrogens is 224 g/mol. The summed E-state index contributed by atoms with van der Waals surface area (Å²) in [7, 11) is 0. The molecule has 0 unspecified atom stereocenters. The van der Waals surface area contributed by atoms with Crippen molar-refractivity contribution < 1.29 is 0 Å². The number of unbranched alkanes of at least 4 members (excludes halogenated alkanes) is 1. The molecule has 0 saturated carbocycles. The minimum Gasteiger partial charge on any atom is -0.368 e. The van der Waals surface area contributed by atoms with E-state index in [4.69, 9.17) is 0 Å². The van der Waals surface area contributed by atoms with Crippen molar-refractivity contribution >= 4 is 11.3 Å². The summed E-state index contributed by atoms with van der Waals surface area (Å²) in [4.78, 5) is 4.40. The Morgan fingerprint density at radius 1 is 1.33 bits per heavy atom. The van der Waals surface area contributed by atoms with Gasteiger partial charge in [-0.2, -0.15) is 5.10 Å². The summed E-state index contributed by atoms with van der Waals surface area (Å²) in [5.74, 6) is 0.925. The van der Waals surface area contributed by atoms with E-state index >= 15 is 0 Å². The monoisotopic (exact) mass is 246 g/mol. The number of nitrogens with zero attached hydrogens (tertiary/aromatic N) is 3. The standard InChI is InChI=1S/C14H22N4/c1-5-6-7-15-13-11-10-12(14(2,3)4)17-18(11)9-8-16-13/h8-10H,5-7H2,1-4H3,(H,15,16). The third-order valence-electron chi connectivity index (χ3n) is 2.98. The minimum atomic E-state index is 0.0622. The predicted molar refractivity (Wildman–Crippen MR) is 75.1 cm³/mol. The van der Waals surface area contributed by atoms with Crippen LogP contribution in [0.5, 0.6) is 0 Å². The van der Waals surface area contributed by atoms with Gasteiger partial charge in [-0.15, -0.1) is 0 Å². The molecule has 0 bridgehead atoms. The highest BCUT2D eigenvalue weighted by molar-refractivity contribution is 5.68. The highest BCUT2D eigenvalue weighted by Gasteiger charge is 2.18. The summed E-state index contributed by atoms with van der Waals surface area (Å²) in [6, 6.07) is 2.13. The van der Waals surface area contributed by atoms with Crippen molar-refractivity contribution in [3.05, 3.63) is 24.2 Å². The van der Waals surface area contributed by atoms with Crippen LogP contribution in [0.1, 0.15) is 46.2 Å². The predicted octanol–water partition coefficient (Wildman–Crippen LogP) is 3.24. The molecule has 0 radical (unpaired) electrons. The second kappa shape index (κ2) is 4.96. The molecule has 4 heteroatoms. The molecule has 0 saturated heterocycles. The molecule has 0 aliphatic heterocycles. The normalized spacial score (nSPS) is 12.0. The maximum absolute atomic E-state index is 4.61. The van der Waals surface area contributed by atoms with Crippen LogP contribution >= 0.6 is 0 Å². The minimum absolute atomic E-state index is 0.0622. The van der Waals surface area contributed by atoms with Crippen molar-refractivity contribution in [3.63, 3.8) is 0 Å².